The van der Waals surface area contributed by atoms with Crippen molar-refractivity contribution in [1.82, 2.24) is 19.8 Å². The van der Waals surface area contributed by atoms with Crippen molar-refractivity contribution in [2.75, 3.05) is 6.54 Å². The zero-order valence-electron chi connectivity index (χ0n) is 19.4. The lowest BCUT2D eigenvalue weighted by Gasteiger charge is -2.31. The second-order valence-corrected chi connectivity index (χ2v) is 8.57. The number of benzene rings is 2. The number of aromatic hydroxyl groups is 1. The molecule has 0 saturated carbocycles. The smallest absolute Gasteiger partial charge is 0.296 e. The third kappa shape index (κ3) is 5.24. The Morgan fingerprint density at radius 3 is 2.51 bits per heavy atom. The maximum absolute atomic E-state index is 13.4. The molecule has 1 aliphatic rings. The van der Waals surface area contributed by atoms with Crippen LogP contribution < -0.4 is 10.9 Å². The van der Waals surface area contributed by atoms with Crippen molar-refractivity contribution >= 4 is 11.8 Å². The van der Waals surface area contributed by atoms with Crippen LogP contribution in [0.25, 0.3) is 0 Å². The molecule has 1 atom stereocenters. The van der Waals surface area contributed by atoms with Crippen LogP contribution in [-0.2, 0) is 13.6 Å². The number of nitrogens with one attached hydrogen (secondary N) is 1. The van der Waals surface area contributed by atoms with E-state index in [0.29, 0.717) is 24.1 Å². The fraction of sp³-hybridized carbons (Fsp3) is 0.308. The Bertz CT molecular complexity index is 1280. The van der Waals surface area contributed by atoms with Gasteiger partial charge in [0.2, 0.25) is 5.75 Å². The van der Waals surface area contributed by atoms with Gasteiger partial charge in [0.25, 0.3) is 17.4 Å². The fourth-order valence-electron chi connectivity index (χ4n) is 4.30. The van der Waals surface area contributed by atoms with Crippen LogP contribution in [0.1, 0.15) is 64.0 Å². The quantitative estimate of drug-likeness (QED) is 0.586. The van der Waals surface area contributed by atoms with Crippen molar-refractivity contribution in [3.63, 3.8) is 0 Å². The van der Waals surface area contributed by atoms with Gasteiger partial charge in [0.1, 0.15) is 11.6 Å². The van der Waals surface area contributed by atoms with E-state index in [1.165, 1.54) is 35.9 Å². The average molecular weight is 479 g/mol. The Morgan fingerprint density at radius 1 is 1.09 bits per heavy atom. The minimum absolute atomic E-state index is 0.0623. The number of amides is 2. The summed E-state index contributed by atoms with van der Waals surface area (Å²) >= 11 is 0. The van der Waals surface area contributed by atoms with Gasteiger partial charge in [-0.3, -0.25) is 19.0 Å². The highest BCUT2D eigenvalue weighted by Crippen LogP contribution is 2.30. The molecular formula is C26H27FN4O4. The first-order chi connectivity index (χ1) is 16.9. The molecule has 2 amide bonds. The van der Waals surface area contributed by atoms with Gasteiger partial charge >= 0.3 is 0 Å². The molecule has 1 saturated heterocycles. The number of carbonyl (C=O) groups excluding carboxylic acids is 2. The lowest BCUT2D eigenvalue weighted by Crippen LogP contribution is -2.39. The normalized spacial score (nSPS) is 15.9. The van der Waals surface area contributed by atoms with Gasteiger partial charge in [0.15, 0.2) is 5.69 Å². The number of nitrogens with zero attached hydrogens (tertiary/aromatic N) is 3. The number of carbonyl (C=O) groups is 2. The zero-order chi connectivity index (χ0) is 24.9. The molecule has 0 spiro atoms. The molecule has 9 heteroatoms. The highest BCUT2D eigenvalue weighted by molar-refractivity contribution is 5.95. The molecule has 0 radical (unpaired) electrons. The van der Waals surface area contributed by atoms with E-state index in [9.17, 15) is 23.9 Å². The monoisotopic (exact) mass is 478 g/mol. The van der Waals surface area contributed by atoms with Crippen LogP contribution in [0.5, 0.6) is 5.75 Å². The largest absolute Gasteiger partial charge is 0.501 e. The number of hydrogen-bond acceptors (Lipinski definition) is 5. The van der Waals surface area contributed by atoms with Crippen molar-refractivity contribution in [2.45, 2.75) is 38.3 Å². The van der Waals surface area contributed by atoms with E-state index in [1.807, 2.05) is 6.07 Å². The van der Waals surface area contributed by atoms with E-state index in [0.717, 1.165) is 19.3 Å². The first-order valence-corrected chi connectivity index (χ1v) is 11.6. The van der Waals surface area contributed by atoms with Gasteiger partial charge in [0, 0.05) is 25.7 Å². The lowest BCUT2D eigenvalue weighted by atomic mass is 10.1. The van der Waals surface area contributed by atoms with Gasteiger partial charge < -0.3 is 15.3 Å². The van der Waals surface area contributed by atoms with Gasteiger partial charge in [-0.15, -0.1) is 0 Å². The topological polar surface area (TPSA) is 105 Å². The summed E-state index contributed by atoms with van der Waals surface area (Å²) in [4.78, 5) is 45.2. The van der Waals surface area contributed by atoms with Crippen molar-refractivity contribution in [3.8, 4) is 5.75 Å². The predicted molar refractivity (Wildman–Crippen MR) is 127 cm³/mol. The first-order valence-electron chi connectivity index (χ1n) is 11.6. The summed E-state index contributed by atoms with van der Waals surface area (Å²) in [5.74, 6) is -1.83. The van der Waals surface area contributed by atoms with E-state index in [1.54, 1.807) is 29.2 Å². The molecule has 8 nitrogen and oxygen atoms in total. The average Bonchev–Trinajstić information content (AvgIpc) is 3.13. The highest BCUT2D eigenvalue weighted by atomic mass is 19.1. The van der Waals surface area contributed by atoms with Crippen molar-refractivity contribution in [2.24, 2.45) is 7.05 Å². The Kier molecular flexibility index (Phi) is 7.24. The number of rotatable bonds is 5. The van der Waals surface area contributed by atoms with Gasteiger partial charge in [-0.2, -0.15) is 0 Å². The number of likely N-dealkylation sites (tertiary alicyclic amines) is 1. The van der Waals surface area contributed by atoms with Gasteiger partial charge in [-0.25, -0.2) is 9.37 Å². The molecule has 35 heavy (non-hydrogen) atoms. The second kappa shape index (κ2) is 10.5. The van der Waals surface area contributed by atoms with Crippen LogP contribution >= 0.6 is 0 Å². The molecule has 4 rings (SSSR count). The van der Waals surface area contributed by atoms with E-state index in [4.69, 9.17) is 0 Å². The van der Waals surface area contributed by atoms with E-state index in [2.05, 4.69) is 10.3 Å². The molecular weight excluding hydrogens is 451 g/mol. The summed E-state index contributed by atoms with van der Waals surface area (Å²) in [6.07, 6.45) is 3.13. The Labute approximate surface area is 202 Å². The molecule has 1 fully saturated rings. The van der Waals surface area contributed by atoms with Gasteiger partial charge in [-0.1, -0.05) is 43.2 Å². The summed E-state index contributed by atoms with van der Waals surface area (Å²) in [6, 6.07) is 14.0. The Balaban J connectivity index is 1.67. The van der Waals surface area contributed by atoms with Crippen LogP contribution in [0.3, 0.4) is 0 Å². The molecule has 1 aromatic heterocycles. The van der Waals surface area contributed by atoms with Gasteiger partial charge in [0.05, 0.1) is 6.04 Å². The van der Waals surface area contributed by atoms with Crippen LogP contribution in [0.4, 0.5) is 4.39 Å². The van der Waals surface area contributed by atoms with Gasteiger partial charge in [-0.05, 0) is 42.7 Å². The highest BCUT2D eigenvalue weighted by Gasteiger charge is 2.32. The summed E-state index contributed by atoms with van der Waals surface area (Å²) in [5.41, 5.74) is 0.00648. The fourth-order valence-corrected chi connectivity index (χ4v) is 4.30. The molecule has 0 bridgehead atoms. The molecule has 3 aromatic rings. The maximum atomic E-state index is 13.4. The number of halogens is 1. The third-order valence-corrected chi connectivity index (χ3v) is 6.22. The first kappa shape index (κ1) is 24.1. The van der Waals surface area contributed by atoms with Crippen molar-refractivity contribution < 1.29 is 19.1 Å². The molecule has 0 unspecified atom stereocenters. The standard InChI is InChI=1S/C26H27FN4O4/c1-30-23(20-10-6-3-7-15-31(20)25(34)18-8-4-2-5-9-18)29-21(22(32)26(30)35)24(33)28-16-17-11-13-19(27)14-12-17/h2,4-5,8-9,11-14,20,32H,3,6-7,10,15-16H2,1H3,(H,28,33)/t20-/m0/s1. The predicted octanol–water partition coefficient (Wildman–Crippen LogP) is 3.31. The molecule has 182 valence electrons. The van der Waals surface area contributed by atoms with Crippen molar-refractivity contribution in [1.29, 1.82) is 0 Å². The summed E-state index contributed by atoms with van der Waals surface area (Å²) in [5, 5.41) is 13.0. The van der Waals surface area contributed by atoms with Crippen LogP contribution in [0.2, 0.25) is 0 Å². The SMILES string of the molecule is Cn1c([C@@H]2CCCCCN2C(=O)c2ccccc2)nc(C(=O)NCc2ccc(F)cc2)c(O)c1=O. The van der Waals surface area contributed by atoms with Crippen molar-refractivity contribution in [3.05, 3.63) is 93.4 Å². The number of hydrogen-bond donors (Lipinski definition) is 2. The maximum Gasteiger partial charge on any atom is 0.296 e. The molecule has 2 heterocycles. The summed E-state index contributed by atoms with van der Waals surface area (Å²) in [6.45, 7) is 0.550. The third-order valence-electron chi connectivity index (χ3n) is 6.22. The molecule has 2 aromatic carbocycles. The Morgan fingerprint density at radius 2 is 1.80 bits per heavy atom. The summed E-state index contributed by atoms with van der Waals surface area (Å²) < 4.78 is 14.3. The minimum Gasteiger partial charge on any atom is -0.501 e. The lowest BCUT2D eigenvalue weighted by molar-refractivity contribution is 0.0668. The minimum atomic E-state index is -0.765. The van der Waals surface area contributed by atoms with Crippen LogP contribution in [0, 0.1) is 5.82 Å². The Hall–Kier alpha value is -4.01. The van der Waals surface area contributed by atoms with Crippen LogP contribution in [0.15, 0.2) is 59.4 Å². The summed E-state index contributed by atoms with van der Waals surface area (Å²) in [7, 11) is 1.47. The van der Waals surface area contributed by atoms with E-state index < -0.39 is 34.8 Å². The van der Waals surface area contributed by atoms with E-state index in [-0.39, 0.29) is 18.3 Å². The molecule has 2 N–H and O–H groups in total. The zero-order valence-corrected chi connectivity index (χ0v) is 19.4. The molecule has 0 aliphatic carbocycles. The molecule has 1 aliphatic heterocycles. The van der Waals surface area contributed by atoms with E-state index >= 15 is 0 Å². The number of aromatic nitrogens is 2. The van der Waals surface area contributed by atoms with Crippen LogP contribution in [-0.4, -0.2) is 37.9 Å². The second-order valence-electron chi connectivity index (χ2n) is 8.57.